The van der Waals surface area contributed by atoms with Crippen molar-refractivity contribution >= 4 is 55.6 Å². The molecule has 4 rings (SSSR count). The monoisotopic (exact) mass is 680 g/mol. The molecule has 20 heteroatoms. The van der Waals surface area contributed by atoms with Crippen LogP contribution in [-0.2, 0) is 29.8 Å². The number of allylic oxidation sites excluding steroid dienone is 2. The van der Waals surface area contributed by atoms with E-state index in [0.717, 1.165) is 71.4 Å². The van der Waals surface area contributed by atoms with Crippen molar-refractivity contribution in [2.75, 3.05) is 5.01 Å². The predicted molar refractivity (Wildman–Crippen MR) is 135 cm³/mol. The second-order valence-corrected chi connectivity index (χ2v) is 10.8. The van der Waals surface area contributed by atoms with Crippen molar-refractivity contribution in [3.63, 3.8) is 0 Å². The fourth-order valence-electron chi connectivity index (χ4n) is 3.60. The standard InChI is InChI=1S/C23H16N4O12S2.2K/c28-20-16(18(22(30)31)24-26(20)12-4-8-14(9-5-12)40(34,35)36)2-1-3-17-19(23(32)33)25-27(21(17)29)13-6-10-15(11-7-13)41(37,38)39;;/h1-11,24H,(H,30,31)(H,32,33)(H,34,35,36)(H,37,38,39);;/q;2*+1/p-2/b2-1?,17-3-;;. The average Bonchev–Trinajstić information content (AvgIpc) is 3.40. The van der Waals surface area contributed by atoms with Crippen molar-refractivity contribution in [2.24, 2.45) is 5.10 Å². The molecule has 3 aromatic rings. The summed E-state index contributed by atoms with van der Waals surface area (Å²) < 4.78 is 67.5. The number of aromatic carboxylic acids is 1. The summed E-state index contributed by atoms with van der Waals surface area (Å²) in [5.74, 6) is -4.15. The van der Waals surface area contributed by atoms with Crippen molar-refractivity contribution in [1.29, 1.82) is 0 Å². The second kappa shape index (κ2) is 14.5. The summed E-state index contributed by atoms with van der Waals surface area (Å²) in [6, 6.07) is 7.94. The minimum absolute atomic E-state index is 0. The van der Waals surface area contributed by atoms with Crippen molar-refractivity contribution in [3.8, 4) is 5.69 Å². The molecule has 43 heavy (non-hydrogen) atoms. The molecule has 0 radical (unpaired) electrons. The molecule has 2 heterocycles. The molecule has 1 aromatic heterocycles. The first-order chi connectivity index (χ1) is 19.1. The van der Waals surface area contributed by atoms with Crippen LogP contribution < -0.4 is 113 Å². The molecular weight excluding hydrogens is 667 g/mol. The molecular formula is C23H14K2N4O12S2. The largest absolute Gasteiger partial charge is 1.00 e. The number of carboxylic acid groups (broad SMARTS) is 2. The van der Waals surface area contributed by atoms with Crippen molar-refractivity contribution in [3.05, 3.63) is 87.9 Å². The smallest absolute Gasteiger partial charge is 0.744 e. The summed E-state index contributed by atoms with van der Waals surface area (Å²) in [7, 11) is -9.55. The Morgan fingerprint density at radius 2 is 1.30 bits per heavy atom. The predicted octanol–water partition coefficient (Wildman–Crippen LogP) is -5.89. The Morgan fingerprint density at radius 3 is 1.74 bits per heavy atom. The zero-order valence-corrected chi connectivity index (χ0v) is 29.9. The normalized spacial score (nSPS) is 14.4. The number of aliphatic carboxylic acids is 1. The number of rotatable bonds is 8. The summed E-state index contributed by atoms with van der Waals surface area (Å²) in [6.07, 6.45) is 2.96. The molecule has 0 atom stereocenters. The number of amides is 1. The minimum atomic E-state index is -4.78. The molecule has 0 unspecified atom stereocenters. The number of nitrogens with one attached hydrogen (secondary N) is 1. The van der Waals surface area contributed by atoms with Gasteiger partial charge in [0.25, 0.3) is 11.5 Å². The maximum Gasteiger partial charge on any atom is 1.00 e. The van der Waals surface area contributed by atoms with Gasteiger partial charge in [0, 0.05) is 0 Å². The van der Waals surface area contributed by atoms with E-state index >= 15 is 0 Å². The van der Waals surface area contributed by atoms with Crippen molar-refractivity contribution in [1.82, 2.24) is 9.78 Å². The van der Waals surface area contributed by atoms with Gasteiger partial charge in [-0.25, -0.2) is 31.1 Å². The van der Waals surface area contributed by atoms with Crippen LogP contribution in [0.3, 0.4) is 0 Å². The zero-order valence-electron chi connectivity index (χ0n) is 22.0. The molecule has 2 aromatic carbocycles. The minimum Gasteiger partial charge on any atom is -0.744 e. The summed E-state index contributed by atoms with van der Waals surface area (Å²) >= 11 is 0. The number of aromatic amines is 1. The van der Waals surface area contributed by atoms with E-state index in [0.29, 0.717) is 5.01 Å². The van der Waals surface area contributed by atoms with E-state index in [-0.39, 0.29) is 114 Å². The number of hydrogen-bond acceptors (Lipinski definition) is 11. The summed E-state index contributed by atoms with van der Waals surface area (Å²) in [5.41, 5.74) is -3.23. The van der Waals surface area contributed by atoms with Crippen LogP contribution in [0.25, 0.3) is 11.8 Å². The van der Waals surface area contributed by atoms with Crippen LogP contribution in [0.1, 0.15) is 16.1 Å². The first-order valence-electron chi connectivity index (χ1n) is 10.9. The zero-order chi connectivity index (χ0) is 30.3. The number of aromatic nitrogens is 2. The number of benzene rings is 2. The van der Waals surface area contributed by atoms with E-state index in [1.165, 1.54) is 0 Å². The number of carboxylic acids is 2. The van der Waals surface area contributed by atoms with Gasteiger partial charge in [-0.15, -0.1) is 0 Å². The SMILES string of the molecule is O=C(O)C1=NN(c2ccc(S(=O)(=O)[O-])cc2)C(=O)/C1=C\C=Cc1c(C(=O)O)[nH]n(-c2ccc(S(=O)(=O)[O-])cc2)c1=O.[K+].[K+]. The van der Waals surface area contributed by atoms with E-state index in [1.807, 2.05) is 0 Å². The molecule has 3 N–H and O–H groups in total. The van der Waals surface area contributed by atoms with Gasteiger partial charge >= 0.3 is 115 Å². The molecule has 0 bridgehead atoms. The molecule has 0 saturated heterocycles. The third kappa shape index (κ3) is 8.23. The van der Waals surface area contributed by atoms with E-state index < -0.39 is 76.0 Å². The van der Waals surface area contributed by atoms with Crippen LogP contribution in [0, 0.1) is 0 Å². The molecule has 0 saturated carbocycles. The molecule has 0 aliphatic carbocycles. The number of carbonyl (C=O) groups excluding carboxylic acids is 1. The number of nitrogens with zero attached hydrogens (tertiary/aromatic N) is 3. The molecule has 1 amide bonds. The summed E-state index contributed by atoms with van der Waals surface area (Å²) in [4.78, 5) is 48.1. The molecule has 1 aliphatic heterocycles. The Morgan fingerprint density at radius 1 is 0.814 bits per heavy atom. The van der Waals surface area contributed by atoms with Gasteiger partial charge in [0.05, 0.1) is 32.3 Å². The van der Waals surface area contributed by atoms with Crippen LogP contribution >= 0.6 is 0 Å². The van der Waals surface area contributed by atoms with Gasteiger partial charge in [-0.2, -0.15) is 10.1 Å². The number of hydrazone groups is 1. The van der Waals surface area contributed by atoms with Gasteiger partial charge in [0.15, 0.2) is 11.4 Å². The Bertz CT molecular complexity index is 1980. The Labute approximate surface area is 327 Å². The van der Waals surface area contributed by atoms with Crippen LogP contribution in [0.5, 0.6) is 0 Å². The van der Waals surface area contributed by atoms with E-state index in [4.69, 9.17) is 0 Å². The van der Waals surface area contributed by atoms with Crippen molar-refractivity contribution in [2.45, 2.75) is 9.79 Å². The Balaban J connectivity index is 0.00000323. The maximum atomic E-state index is 12.9. The maximum absolute atomic E-state index is 12.9. The number of carbonyl (C=O) groups is 3. The van der Waals surface area contributed by atoms with Crippen molar-refractivity contribution < 1.29 is 153 Å². The molecule has 0 spiro atoms. The van der Waals surface area contributed by atoms with Gasteiger partial charge in [-0.05, 0) is 60.7 Å². The summed E-state index contributed by atoms with van der Waals surface area (Å²) in [6.45, 7) is 0. The molecule has 1 aliphatic rings. The number of anilines is 1. The van der Waals surface area contributed by atoms with Crippen LogP contribution in [-0.4, -0.2) is 69.5 Å². The number of hydrogen-bond donors (Lipinski definition) is 3. The fourth-order valence-corrected chi connectivity index (χ4v) is 4.54. The third-order valence-electron chi connectivity index (χ3n) is 5.50. The second-order valence-electron chi connectivity index (χ2n) is 8.05. The molecule has 0 fully saturated rings. The first kappa shape index (κ1) is 37.3. The van der Waals surface area contributed by atoms with Gasteiger partial charge in [0.1, 0.15) is 20.2 Å². The van der Waals surface area contributed by atoms with Gasteiger partial charge in [-0.3, -0.25) is 14.7 Å². The fraction of sp³-hybridized carbons (Fsp3) is 0. The van der Waals surface area contributed by atoms with Crippen LogP contribution in [0.2, 0.25) is 0 Å². The Hall–Kier alpha value is -1.90. The number of H-pyrrole nitrogens is 1. The topological polar surface area (TPSA) is 259 Å². The first-order valence-corrected chi connectivity index (χ1v) is 13.7. The van der Waals surface area contributed by atoms with Gasteiger partial charge in [0.2, 0.25) is 0 Å². The van der Waals surface area contributed by atoms with Gasteiger partial charge < -0.3 is 19.3 Å². The molecule has 212 valence electrons. The Kier molecular flexibility index (Phi) is 12.5. The summed E-state index contributed by atoms with van der Waals surface area (Å²) in [5, 5.41) is 25.7. The van der Waals surface area contributed by atoms with Crippen LogP contribution in [0.4, 0.5) is 5.69 Å². The quantitative estimate of drug-likeness (QED) is 0.114. The third-order valence-corrected chi connectivity index (χ3v) is 7.20. The van der Waals surface area contributed by atoms with E-state index in [1.54, 1.807) is 0 Å². The van der Waals surface area contributed by atoms with Gasteiger partial charge in [-0.1, -0.05) is 6.08 Å². The average molecular weight is 681 g/mol. The van der Waals surface area contributed by atoms with E-state index in [2.05, 4.69) is 10.2 Å². The van der Waals surface area contributed by atoms with Crippen LogP contribution in [0.15, 0.2) is 85.9 Å². The van der Waals surface area contributed by atoms with E-state index in [9.17, 15) is 55.3 Å². The molecule has 16 nitrogen and oxygen atoms in total.